The van der Waals surface area contributed by atoms with Crippen molar-refractivity contribution in [2.24, 2.45) is 17.3 Å². The average molecular weight is 575 g/mol. The molecule has 2 N–H and O–H groups in total. The van der Waals surface area contributed by atoms with Crippen molar-refractivity contribution in [2.45, 2.75) is 25.0 Å². The number of aliphatic carboxylic acids is 1. The fraction of sp³-hybridized carbons (Fsp3) is 0.172. The number of aryl methyl sites for hydroxylation is 1. The number of azo groups is 1. The lowest BCUT2D eigenvalue weighted by molar-refractivity contribution is -0.138. The van der Waals surface area contributed by atoms with Crippen molar-refractivity contribution in [1.29, 1.82) is 0 Å². The molecule has 0 aliphatic heterocycles. The maximum absolute atomic E-state index is 12.4. The molecular formula is C29H24Cl2N6O3. The van der Waals surface area contributed by atoms with E-state index in [4.69, 9.17) is 23.2 Å². The summed E-state index contributed by atoms with van der Waals surface area (Å²) in [6.07, 6.45) is 3.51. The smallest absolute Gasteiger partial charge is 0.330 e. The van der Waals surface area contributed by atoms with E-state index in [1.165, 1.54) is 0 Å². The van der Waals surface area contributed by atoms with Crippen LogP contribution in [-0.4, -0.2) is 41.7 Å². The van der Waals surface area contributed by atoms with Gasteiger partial charge in [-0.25, -0.2) is 19.7 Å². The first-order chi connectivity index (χ1) is 19.2. The van der Waals surface area contributed by atoms with Gasteiger partial charge in [0.05, 0.1) is 29.4 Å². The molecule has 202 valence electrons. The molecule has 11 heteroatoms. The second-order valence-corrected chi connectivity index (χ2v) is 10.1. The van der Waals surface area contributed by atoms with Crippen molar-refractivity contribution < 1.29 is 15.0 Å². The topological polar surface area (TPSA) is 126 Å². The molecule has 0 amide bonds. The molecule has 0 aliphatic carbocycles. The van der Waals surface area contributed by atoms with Crippen LogP contribution in [0.3, 0.4) is 0 Å². The molecule has 2 aromatic heterocycles. The van der Waals surface area contributed by atoms with Crippen LogP contribution in [0.5, 0.6) is 0 Å². The van der Waals surface area contributed by atoms with Crippen molar-refractivity contribution in [3.8, 4) is 11.3 Å². The number of rotatable bonds is 8. The second kappa shape index (κ2) is 11.1. The Morgan fingerprint density at radius 1 is 1.02 bits per heavy atom. The third kappa shape index (κ3) is 5.19. The third-order valence-electron chi connectivity index (χ3n) is 6.61. The number of halogens is 2. The maximum atomic E-state index is 12.4. The number of benzene rings is 3. The van der Waals surface area contributed by atoms with Crippen molar-refractivity contribution in [3.05, 3.63) is 106 Å². The Morgan fingerprint density at radius 2 is 1.77 bits per heavy atom. The molecule has 0 saturated carbocycles. The Balaban J connectivity index is 1.75. The van der Waals surface area contributed by atoms with Crippen LogP contribution in [0.25, 0.3) is 22.2 Å². The van der Waals surface area contributed by atoms with Gasteiger partial charge in [0.1, 0.15) is 0 Å². The van der Waals surface area contributed by atoms with Gasteiger partial charge in [0.25, 0.3) is 5.95 Å². The lowest BCUT2D eigenvalue weighted by Gasteiger charge is -2.30. The van der Waals surface area contributed by atoms with Gasteiger partial charge in [0.15, 0.2) is 11.6 Å². The average Bonchev–Trinajstić information content (AvgIpc) is 3.38. The number of carboxylic acids is 1. The van der Waals surface area contributed by atoms with Crippen LogP contribution < -0.4 is 0 Å². The summed E-state index contributed by atoms with van der Waals surface area (Å²) in [6, 6.07) is 18.5. The number of fused-ring (bicyclic) bond motifs is 1. The molecule has 40 heavy (non-hydrogen) atoms. The van der Waals surface area contributed by atoms with Gasteiger partial charge >= 0.3 is 5.97 Å². The molecule has 0 aliphatic rings. The van der Waals surface area contributed by atoms with Gasteiger partial charge in [-0.3, -0.25) is 0 Å². The Labute approximate surface area is 239 Å². The predicted octanol–water partition coefficient (Wildman–Crippen LogP) is 6.57. The summed E-state index contributed by atoms with van der Waals surface area (Å²) in [4.78, 5) is 24.8. The van der Waals surface area contributed by atoms with Gasteiger partial charge in [-0.05, 0) is 53.9 Å². The molecule has 0 fully saturated rings. The van der Waals surface area contributed by atoms with Crippen LogP contribution in [0.1, 0.15) is 30.2 Å². The molecule has 0 spiro atoms. The molecule has 2 unspecified atom stereocenters. The first-order valence-corrected chi connectivity index (χ1v) is 13.1. The summed E-state index contributed by atoms with van der Waals surface area (Å²) in [5.41, 5.74) is 1.80. The highest BCUT2D eigenvalue weighted by Gasteiger charge is 2.37. The van der Waals surface area contributed by atoms with Crippen LogP contribution in [0.15, 0.2) is 89.5 Å². The zero-order chi connectivity index (χ0) is 28.4. The number of nitrogens with zero attached hydrogens (tertiary/aromatic N) is 6. The van der Waals surface area contributed by atoms with Crippen molar-refractivity contribution in [2.75, 3.05) is 0 Å². The first kappa shape index (κ1) is 27.4. The van der Waals surface area contributed by atoms with Gasteiger partial charge in [-0.15, -0.1) is 5.11 Å². The van der Waals surface area contributed by atoms with E-state index in [1.807, 2.05) is 19.2 Å². The summed E-state index contributed by atoms with van der Waals surface area (Å²) in [5.74, 6) is -1.07. The number of aromatic nitrogens is 4. The van der Waals surface area contributed by atoms with Gasteiger partial charge in [-0.2, -0.15) is 5.11 Å². The first-order valence-electron chi connectivity index (χ1n) is 12.4. The zero-order valence-electron chi connectivity index (χ0n) is 21.5. The standard InChI is InChI=1S/C29H24Cl2N6O3/c1-3-23(27(38)39)35-36-28-33-24-12-9-19(14-22(24)26(34-28)17-5-4-6-21(31)13-17)29(40,25-15-32-16-37(25)2)18-7-10-20(30)11-8-18/h4-16,23,40H,3H2,1-2H3,(H,38,39). The molecule has 0 radical (unpaired) electrons. The van der Waals surface area contributed by atoms with Crippen molar-refractivity contribution in [1.82, 2.24) is 19.5 Å². The van der Waals surface area contributed by atoms with E-state index >= 15 is 0 Å². The molecule has 9 nitrogen and oxygen atoms in total. The van der Waals surface area contributed by atoms with Crippen LogP contribution in [-0.2, 0) is 17.4 Å². The third-order valence-corrected chi connectivity index (χ3v) is 7.09. The Hall–Kier alpha value is -4.18. The summed E-state index contributed by atoms with van der Waals surface area (Å²) in [7, 11) is 1.81. The Bertz CT molecular complexity index is 1740. The minimum atomic E-state index is -1.59. The van der Waals surface area contributed by atoms with Crippen molar-refractivity contribution >= 4 is 46.0 Å². The molecule has 0 bridgehead atoms. The largest absolute Gasteiger partial charge is 0.480 e. The Morgan fingerprint density at radius 3 is 2.42 bits per heavy atom. The summed E-state index contributed by atoms with van der Waals surface area (Å²) in [5, 5.41) is 31.4. The quantitative estimate of drug-likeness (QED) is 0.202. The molecule has 3 aromatic carbocycles. The predicted molar refractivity (Wildman–Crippen MR) is 153 cm³/mol. The number of hydrogen-bond acceptors (Lipinski definition) is 7. The highest BCUT2D eigenvalue weighted by atomic mass is 35.5. The normalized spacial score (nSPS) is 13.9. The minimum Gasteiger partial charge on any atom is -0.480 e. The van der Waals surface area contributed by atoms with E-state index in [9.17, 15) is 15.0 Å². The lowest BCUT2D eigenvalue weighted by Crippen LogP contribution is -2.31. The lowest BCUT2D eigenvalue weighted by atomic mass is 9.83. The number of carbonyl (C=O) groups is 1. The number of hydrogen-bond donors (Lipinski definition) is 2. The molecule has 5 aromatic rings. The van der Waals surface area contributed by atoms with Gasteiger partial charge in [0.2, 0.25) is 0 Å². The minimum absolute atomic E-state index is 0.00882. The monoisotopic (exact) mass is 574 g/mol. The van der Waals surface area contributed by atoms with Gasteiger partial charge in [0, 0.05) is 28.0 Å². The van der Waals surface area contributed by atoms with E-state index in [2.05, 4.69) is 25.2 Å². The number of aliphatic hydroxyl groups is 1. The summed E-state index contributed by atoms with van der Waals surface area (Å²) in [6.45, 7) is 1.71. The molecule has 5 rings (SSSR count). The summed E-state index contributed by atoms with van der Waals surface area (Å²) < 4.78 is 1.75. The number of carboxylic acid groups (broad SMARTS) is 1. The van der Waals surface area contributed by atoms with E-state index in [1.54, 1.807) is 78.6 Å². The molecule has 0 saturated heterocycles. The molecule has 2 heterocycles. The van der Waals surface area contributed by atoms with Crippen LogP contribution in [0, 0.1) is 0 Å². The van der Waals surface area contributed by atoms with Crippen LogP contribution in [0.4, 0.5) is 5.95 Å². The van der Waals surface area contributed by atoms with E-state index < -0.39 is 17.6 Å². The maximum Gasteiger partial charge on any atom is 0.330 e. The van der Waals surface area contributed by atoms with E-state index in [-0.39, 0.29) is 12.4 Å². The van der Waals surface area contributed by atoms with E-state index in [0.717, 1.165) is 0 Å². The fourth-order valence-electron chi connectivity index (χ4n) is 4.53. The second-order valence-electron chi connectivity index (χ2n) is 9.20. The highest BCUT2D eigenvalue weighted by molar-refractivity contribution is 6.31. The zero-order valence-corrected chi connectivity index (χ0v) is 23.0. The van der Waals surface area contributed by atoms with Crippen LogP contribution in [0.2, 0.25) is 10.0 Å². The summed E-state index contributed by atoms with van der Waals surface area (Å²) >= 11 is 12.5. The SMILES string of the molecule is CCC(N=Nc1nc(-c2cccc(Cl)c2)c2cc(C(O)(c3ccc(Cl)cc3)c3cncn3C)ccc2n1)C(=O)O. The number of imidazole rings is 1. The van der Waals surface area contributed by atoms with E-state index in [0.29, 0.717) is 49.0 Å². The van der Waals surface area contributed by atoms with Gasteiger partial charge in [-0.1, -0.05) is 60.5 Å². The highest BCUT2D eigenvalue weighted by Crippen LogP contribution is 2.39. The fourth-order valence-corrected chi connectivity index (χ4v) is 4.84. The molecular weight excluding hydrogens is 551 g/mol. The van der Waals surface area contributed by atoms with Gasteiger partial charge < -0.3 is 14.8 Å². The van der Waals surface area contributed by atoms with Crippen molar-refractivity contribution in [3.63, 3.8) is 0 Å². The Kier molecular flexibility index (Phi) is 7.62. The van der Waals surface area contributed by atoms with Crippen LogP contribution >= 0.6 is 23.2 Å². The molecule has 2 atom stereocenters.